The number of phenolic OH excluding ortho intramolecular Hbond substituents is 1. The van der Waals surface area contributed by atoms with Gasteiger partial charge in [-0.25, -0.2) is 5.43 Å². The number of rotatable bonds is 5. The molecular formula is C20H19N3O2. The van der Waals surface area contributed by atoms with Crippen LogP contribution in [0.1, 0.15) is 12.5 Å². The zero-order valence-corrected chi connectivity index (χ0v) is 13.9. The maximum absolute atomic E-state index is 11.9. The summed E-state index contributed by atoms with van der Waals surface area (Å²) in [6.07, 6.45) is 0. The molecule has 3 rings (SSSR count). The number of hydrogen-bond acceptors (Lipinski definition) is 4. The average Bonchev–Trinajstić information content (AvgIpc) is 2.66. The van der Waals surface area contributed by atoms with Crippen molar-refractivity contribution in [2.24, 2.45) is 5.10 Å². The second-order valence-electron chi connectivity index (χ2n) is 5.63. The number of carbonyl (C=O) groups excluding carboxylic acids is 1. The summed E-state index contributed by atoms with van der Waals surface area (Å²) in [5, 5.41) is 19.2. The second kappa shape index (κ2) is 7.49. The highest BCUT2D eigenvalue weighted by atomic mass is 16.3. The first-order chi connectivity index (χ1) is 12.1. The van der Waals surface area contributed by atoms with Gasteiger partial charge in [0.25, 0.3) is 5.91 Å². The number of para-hydroxylation sites is 1. The summed E-state index contributed by atoms with van der Waals surface area (Å²) in [5.41, 5.74) is 4.50. The summed E-state index contributed by atoms with van der Waals surface area (Å²) in [7, 11) is 0. The third kappa shape index (κ3) is 3.95. The van der Waals surface area contributed by atoms with Crippen LogP contribution in [0.3, 0.4) is 0 Å². The zero-order valence-electron chi connectivity index (χ0n) is 13.9. The lowest BCUT2D eigenvalue weighted by Crippen LogP contribution is -2.26. The Balaban J connectivity index is 1.67. The Morgan fingerprint density at radius 2 is 1.72 bits per heavy atom. The van der Waals surface area contributed by atoms with Crippen molar-refractivity contribution in [1.82, 2.24) is 5.43 Å². The van der Waals surface area contributed by atoms with Crippen LogP contribution in [-0.2, 0) is 4.79 Å². The zero-order chi connectivity index (χ0) is 17.6. The molecule has 0 aromatic heterocycles. The number of hydrazone groups is 1. The van der Waals surface area contributed by atoms with Crippen molar-refractivity contribution in [1.29, 1.82) is 0 Å². The lowest BCUT2D eigenvalue weighted by molar-refractivity contribution is -0.119. The first kappa shape index (κ1) is 16.5. The third-order valence-electron chi connectivity index (χ3n) is 3.87. The van der Waals surface area contributed by atoms with Gasteiger partial charge in [-0.1, -0.05) is 48.5 Å². The topological polar surface area (TPSA) is 73.7 Å². The fraction of sp³-hybridized carbons (Fsp3) is 0.100. The molecule has 0 aliphatic heterocycles. The van der Waals surface area contributed by atoms with E-state index in [0.717, 1.165) is 16.5 Å². The molecule has 5 heteroatoms. The SMILES string of the molecule is C/C(=N\NC(=O)CNc1ccccc1)c1ccc2ccccc2c1O. The van der Waals surface area contributed by atoms with Crippen LogP contribution in [0.4, 0.5) is 5.69 Å². The number of nitrogens with one attached hydrogen (secondary N) is 2. The Bertz CT molecular complexity index is 921. The maximum atomic E-state index is 11.9. The highest BCUT2D eigenvalue weighted by Gasteiger charge is 2.09. The molecule has 0 fully saturated rings. The number of anilines is 1. The summed E-state index contributed by atoms with van der Waals surface area (Å²) < 4.78 is 0. The largest absolute Gasteiger partial charge is 0.507 e. The molecule has 126 valence electrons. The van der Waals surface area contributed by atoms with E-state index >= 15 is 0 Å². The van der Waals surface area contributed by atoms with Gasteiger partial charge in [0.05, 0.1) is 12.3 Å². The Labute approximate surface area is 146 Å². The van der Waals surface area contributed by atoms with E-state index in [2.05, 4.69) is 15.8 Å². The van der Waals surface area contributed by atoms with Crippen molar-refractivity contribution < 1.29 is 9.90 Å². The molecule has 0 heterocycles. The van der Waals surface area contributed by atoms with E-state index in [1.54, 1.807) is 13.0 Å². The molecule has 0 aliphatic carbocycles. The Hall–Kier alpha value is -3.34. The monoisotopic (exact) mass is 333 g/mol. The third-order valence-corrected chi connectivity index (χ3v) is 3.87. The molecule has 0 aliphatic rings. The van der Waals surface area contributed by atoms with Crippen molar-refractivity contribution in [2.75, 3.05) is 11.9 Å². The molecule has 3 N–H and O–H groups in total. The number of carbonyl (C=O) groups is 1. The standard InChI is InChI=1S/C20H19N3O2/c1-14(17-12-11-15-7-5-6-10-18(15)20(17)25)22-23-19(24)13-21-16-8-3-2-4-9-16/h2-12,21,25H,13H2,1H3,(H,23,24)/b22-14+. The normalized spacial score (nSPS) is 11.3. The number of benzene rings is 3. The van der Waals surface area contributed by atoms with Crippen LogP contribution in [0.25, 0.3) is 10.8 Å². The smallest absolute Gasteiger partial charge is 0.259 e. The Kier molecular flexibility index (Phi) is 4.95. The van der Waals surface area contributed by atoms with Gasteiger partial charge in [0.1, 0.15) is 5.75 Å². The molecule has 0 unspecified atom stereocenters. The van der Waals surface area contributed by atoms with Gasteiger partial charge < -0.3 is 10.4 Å². The summed E-state index contributed by atoms with van der Waals surface area (Å²) in [5.74, 6) is -0.0977. The van der Waals surface area contributed by atoms with Crippen molar-refractivity contribution >= 4 is 28.1 Å². The minimum atomic E-state index is -0.261. The molecule has 0 bridgehead atoms. The summed E-state index contributed by atoms with van der Waals surface area (Å²) in [4.78, 5) is 11.9. The molecular weight excluding hydrogens is 314 g/mol. The average molecular weight is 333 g/mol. The quantitative estimate of drug-likeness (QED) is 0.494. The van der Waals surface area contributed by atoms with E-state index in [1.165, 1.54) is 0 Å². The summed E-state index contributed by atoms with van der Waals surface area (Å²) >= 11 is 0. The fourth-order valence-electron chi connectivity index (χ4n) is 2.53. The van der Waals surface area contributed by atoms with Gasteiger partial charge in [-0.15, -0.1) is 0 Å². The van der Waals surface area contributed by atoms with Crippen LogP contribution in [-0.4, -0.2) is 23.3 Å². The van der Waals surface area contributed by atoms with Gasteiger partial charge in [-0.3, -0.25) is 4.79 Å². The van der Waals surface area contributed by atoms with Gasteiger partial charge in [0.2, 0.25) is 0 Å². The highest BCUT2D eigenvalue weighted by molar-refractivity contribution is 6.06. The molecule has 0 saturated heterocycles. The molecule has 3 aromatic carbocycles. The predicted octanol–water partition coefficient (Wildman–Crippen LogP) is 3.50. The summed E-state index contributed by atoms with van der Waals surface area (Å²) in [6, 6.07) is 20.8. The summed E-state index contributed by atoms with van der Waals surface area (Å²) in [6.45, 7) is 1.86. The van der Waals surface area contributed by atoms with Gasteiger partial charge in [0, 0.05) is 16.6 Å². The van der Waals surface area contributed by atoms with E-state index in [4.69, 9.17) is 0 Å². The van der Waals surface area contributed by atoms with Crippen LogP contribution in [0.2, 0.25) is 0 Å². The van der Waals surface area contributed by atoms with Crippen molar-refractivity contribution in [3.05, 3.63) is 72.3 Å². The van der Waals surface area contributed by atoms with E-state index < -0.39 is 0 Å². The molecule has 0 radical (unpaired) electrons. The molecule has 1 amide bonds. The number of aromatic hydroxyl groups is 1. The number of fused-ring (bicyclic) bond motifs is 1. The van der Waals surface area contributed by atoms with Gasteiger partial charge in [0.15, 0.2) is 0 Å². The maximum Gasteiger partial charge on any atom is 0.259 e. The number of phenols is 1. The van der Waals surface area contributed by atoms with E-state index in [0.29, 0.717) is 11.3 Å². The van der Waals surface area contributed by atoms with E-state index in [1.807, 2.05) is 60.7 Å². The van der Waals surface area contributed by atoms with Crippen LogP contribution >= 0.6 is 0 Å². The number of nitrogens with zero attached hydrogens (tertiary/aromatic N) is 1. The van der Waals surface area contributed by atoms with Crippen LogP contribution < -0.4 is 10.7 Å². The van der Waals surface area contributed by atoms with Crippen LogP contribution in [0, 0.1) is 0 Å². The molecule has 3 aromatic rings. The number of hydrogen-bond donors (Lipinski definition) is 3. The molecule has 5 nitrogen and oxygen atoms in total. The van der Waals surface area contributed by atoms with Crippen LogP contribution in [0.5, 0.6) is 5.75 Å². The van der Waals surface area contributed by atoms with E-state index in [9.17, 15) is 9.90 Å². The molecule has 25 heavy (non-hydrogen) atoms. The van der Waals surface area contributed by atoms with E-state index in [-0.39, 0.29) is 18.2 Å². The highest BCUT2D eigenvalue weighted by Crippen LogP contribution is 2.28. The predicted molar refractivity (Wildman–Crippen MR) is 101 cm³/mol. The second-order valence-corrected chi connectivity index (χ2v) is 5.63. The van der Waals surface area contributed by atoms with Crippen molar-refractivity contribution in [3.8, 4) is 5.75 Å². The lowest BCUT2D eigenvalue weighted by atomic mass is 10.0. The Morgan fingerprint density at radius 3 is 2.52 bits per heavy atom. The first-order valence-corrected chi connectivity index (χ1v) is 7.98. The number of amides is 1. The van der Waals surface area contributed by atoms with Gasteiger partial charge in [-0.05, 0) is 30.5 Å². The fourth-order valence-corrected chi connectivity index (χ4v) is 2.53. The van der Waals surface area contributed by atoms with Crippen LogP contribution in [0.15, 0.2) is 71.8 Å². The lowest BCUT2D eigenvalue weighted by Gasteiger charge is -2.09. The first-order valence-electron chi connectivity index (χ1n) is 7.98. The Morgan fingerprint density at radius 1 is 1.00 bits per heavy atom. The van der Waals surface area contributed by atoms with Crippen molar-refractivity contribution in [3.63, 3.8) is 0 Å². The minimum Gasteiger partial charge on any atom is -0.507 e. The molecule has 0 saturated carbocycles. The van der Waals surface area contributed by atoms with Gasteiger partial charge in [-0.2, -0.15) is 5.10 Å². The van der Waals surface area contributed by atoms with Gasteiger partial charge >= 0.3 is 0 Å². The molecule has 0 atom stereocenters. The molecule has 0 spiro atoms. The van der Waals surface area contributed by atoms with Crippen molar-refractivity contribution in [2.45, 2.75) is 6.92 Å². The minimum absolute atomic E-state index is 0.116.